The predicted molar refractivity (Wildman–Crippen MR) is 108 cm³/mol. The largest absolute Gasteiger partial charge is 0.408 e. The van der Waals surface area contributed by atoms with Gasteiger partial charge in [0.05, 0.1) is 25.8 Å². The minimum Gasteiger partial charge on any atom is -0.377 e. The average Bonchev–Trinajstić information content (AvgIpc) is 2.74. The normalized spacial score (nSPS) is 22.9. The number of ether oxygens (including phenoxy) is 1. The SMILES string of the molecule is C[C@@H]1COCCN1c1cc(=O)n2c(n1)N(C[C@@H](F)c1ccccc1)C(C(F)(F)F)CC2. The Morgan fingerprint density at radius 2 is 1.97 bits per heavy atom. The highest BCUT2D eigenvalue weighted by Crippen LogP contribution is 2.36. The van der Waals surface area contributed by atoms with Gasteiger partial charge in [0.15, 0.2) is 0 Å². The van der Waals surface area contributed by atoms with Gasteiger partial charge in [-0.05, 0) is 18.9 Å². The third kappa shape index (κ3) is 4.39. The van der Waals surface area contributed by atoms with Crippen LogP contribution in [0.2, 0.25) is 0 Å². The maximum atomic E-state index is 15.0. The fourth-order valence-corrected chi connectivity index (χ4v) is 4.16. The Morgan fingerprint density at radius 3 is 2.65 bits per heavy atom. The molecule has 1 aromatic carbocycles. The molecule has 168 valence electrons. The molecular formula is C21H24F4N4O2. The fourth-order valence-electron chi connectivity index (χ4n) is 4.16. The number of benzene rings is 1. The number of nitrogens with zero attached hydrogens (tertiary/aromatic N) is 4. The number of anilines is 2. The van der Waals surface area contributed by atoms with Crippen molar-refractivity contribution in [1.29, 1.82) is 0 Å². The van der Waals surface area contributed by atoms with E-state index in [4.69, 9.17) is 4.74 Å². The number of alkyl halides is 4. The molecule has 3 heterocycles. The zero-order valence-corrected chi connectivity index (χ0v) is 17.1. The second-order valence-corrected chi connectivity index (χ2v) is 7.90. The average molecular weight is 440 g/mol. The van der Waals surface area contributed by atoms with E-state index >= 15 is 4.39 Å². The highest BCUT2D eigenvalue weighted by atomic mass is 19.4. The summed E-state index contributed by atoms with van der Waals surface area (Å²) in [7, 11) is 0. The van der Waals surface area contributed by atoms with Gasteiger partial charge >= 0.3 is 6.18 Å². The number of hydrogen-bond donors (Lipinski definition) is 0. The lowest BCUT2D eigenvalue weighted by Crippen LogP contribution is -2.54. The summed E-state index contributed by atoms with van der Waals surface area (Å²) in [5.74, 6) is 0.142. The van der Waals surface area contributed by atoms with E-state index in [1.165, 1.54) is 22.8 Å². The van der Waals surface area contributed by atoms with Crippen LogP contribution in [0.5, 0.6) is 0 Å². The van der Waals surface area contributed by atoms with E-state index in [-0.39, 0.29) is 36.3 Å². The van der Waals surface area contributed by atoms with Crippen LogP contribution >= 0.6 is 0 Å². The van der Waals surface area contributed by atoms with Crippen LogP contribution in [0.25, 0.3) is 0 Å². The van der Waals surface area contributed by atoms with Gasteiger partial charge < -0.3 is 14.5 Å². The molecule has 0 saturated carbocycles. The first kappa shape index (κ1) is 21.6. The zero-order valence-electron chi connectivity index (χ0n) is 17.1. The first-order valence-corrected chi connectivity index (χ1v) is 10.2. The van der Waals surface area contributed by atoms with E-state index in [9.17, 15) is 18.0 Å². The van der Waals surface area contributed by atoms with Gasteiger partial charge in [-0.15, -0.1) is 0 Å². The van der Waals surface area contributed by atoms with E-state index in [2.05, 4.69) is 4.98 Å². The fraction of sp³-hybridized carbons (Fsp3) is 0.524. The van der Waals surface area contributed by atoms with Gasteiger partial charge in [-0.3, -0.25) is 9.36 Å². The van der Waals surface area contributed by atoms with Gasteiger partial charge in [0.1, 0.15) is 18.0 Å². The van der Waals surface area contributed by atoms with Crippen LogP contribution < -0.4 is 15.4 Å². The van der Waals surface area contributed by atoms with Crippen LogP contribution in [0.3, 0.4) is 0 Å². The molecule has 0 amide bonds. The van der Waals surface area contributed by atoms with Gasteiger partial charge in [-0.2, -0.15) is 18.2 Å². The molecule has 1 aromatic heterocycles. The zero-order chi connectivity index (χ0) is 22.2. The summed E-state index contributed by atoms with van der Waals surface area (Å²) in [5, 5.41) is 0. The quantitative estimate of drug-likeness (QED) is 0.683. The van der Waals surface area contributed by atoms with Crippen LogP contribution in [0.1, 0.15) is 25.1 Å². The number of morpholine rings is 1. The van der Waals surface area contributed by atoms with Gasteiger partial charge in [0.25, 0.3) is 5.56 Å². The van der Waals surface area contributed by atoms with Crippen molar-refractivity contribution in [3.8, 4) is 0 Å². The van der Waals surface area contributed by atoms with Crippen molar-refractivity contribution in [2.45, 2.75) is 44.3 Å². The molecule has 1 fully saturated rings. The maximum absolute atomic E-state index is 15.0. The molecule has 2 aromatic rings. The molecule has 0 bridgehead atoms. The molecule has 0 N–H and O–H groups in total. The van der Waals surface area contributed by atoms with E-state index < -0.39 is 30.5 Å². The Morgan fingerprint density at radius 1 is 1.23 bits per heavy atom. The molecule has 10 heteroatoms. The van der Waals surface area contributed by atoms with Crippen molar-refractivity contribution in [2.75, 3.05) is 36.1 Å². The van der Waals surface area contributed by atoms with Crippen LogP contribution in [-0.4, -0.2) is 54.1 Å². The Bertz CT molecular complexity index is 966. The summed E-state index contributed by atoms with van der Waals surface area (Å²) in [6, 6.07) is 7.37. The van der Waals surface area contributed by atoms with E-state index in [1.54, 1.807) is 18.2 Å². The van der Waals surface area contributed by atoms with Gasteiger partial charge in [0.2, 0.25) is 5.95 Å². The summed E-state index contributed by atoms with van der Waals surface area (Å²) in [4.78, 5) is 19.9. The summed E-state index contributed by atoms with van der Waals surface area (Å²) < 4.78 is 63.2. The third-order valence-corrected chi connectivity index (χ3v) is 5.79. The Hall–Kier alpha value is -2.62. The highest BCUT2D eigenvalue weighted by molar-refractivity contribution is 5.48. The number of aromatic nitrogens is 2. The lowest BCUT2D eigenvalue weighted by Gasteiger charge is -2.41. The molecule has 1 unspecified atom stereocenters. The highest BCUT2D eigenvalue weighted by Gasteiger charge is 2.47. The lowest BCUT2D eigenvalue weighted by molar-refractivity contribution is -0.153. The van der Waals surface area contributed by atoms with Gasteiger partial charge in [-0.25, -0.2) is 4.39 Å². The Kier molecular flexibility index (Phi) is 5.92. The summed E-state index contributed by atoms with van der Waals surface area (Å²) in [6.45, 7) is 2.54. The van der Waals surface area contributed by atoms with Crippen LogP contribution in [0.15, 0.2) is 41.2 Å². The van der Waals surface area contributed by atoms with Crippen molar-refractivity contribution in [3.63, 3.8) is 0 Å². The third-order valence-electron chi connectivity index (χ3n) is 5.79. The molecule has 31 heavy (non-hydrogen) atoms. The van der Waals surface area contributed by atoms with Crippen LogP contribution in [-0.2, 0) is 11.3 Å². The molecule has 2 aliphatic heterocycles. The van der Waals surface area contributed by atoms with Crippen LogP contribution in [0.4, 0.5) is 29.3 Å². The number of rotatable bonds is 4. The van der Waals surface area contributed by atoms with Crippen molar-refractivity contribution >= 4 is 11.8 Å². The molecule has 0 radical (unpaired) electrons. The Balaban J connectivity index is 1.75. The lowest BCUT2D eigenvalue weighted by atomic mass is 10.1. The molecule has 4 rings (SSSR count). The minimum atomic E-state index is -4.58. The van der Waals surface area contributed by atoms with E-state index in [0.717, 1.165) is 4.90 Å². The molecular weight excluding hydrogens is 416 g/mol. The monoisotopic (exact) mass is 440 g/mol. The molecule has 0 aliphatic carbocycles. The van der Waals surface area contributed by atoms with Crippen molar-refractivity contribution in [3.05, 3.63) is 52.3 Å². The summed E-state index contributed by atoms with van der Waals surface area (Å²) >= 11 is 0. The van der Waals surface area contributed by atoms with Gasteiger partial charge in [0, 0.05) is 19.2 Å². The van der Waals surface area contributed by atoms with Crippen LogP contribution in [0, 0.1) is 0 Å². The molecule has 1 saturated heterocycles. The number of fused-ring (bicyclic) bond motifs is 1. The first-order chi connectivity index (χ1) is 14.8. The predicted octanol–water partition coefficient (Wildman–Crippen LogP) is 3.32. The topological polar surface area (TPSA) is 50.6 Å². The first-order valence-electron chi connectivity index (χ1n) is 10.2. The van der Waals surface area contributed by atoms with E-state index in [1.807, 2.05) is 11.8 Å². The van der Waals surface area contributed by atoms with Crippen molar-refractivity contribution in [2.24, 2.45) is 0 Å². The standard InChI is InChI=1S/C21H24F4N4O2/c1-14-13-31-10-9-27(14)18-11-19(30)28-8-7-17(21(23,24)25)29(20(28)26-18)12-16(22)15-5-3-2-4-6-15/h2-6,11,14,16-17H,7-10,12-13H2,1H3/t14-,16-,17?/m1/s1. The minimum absolute atomic E-state index is 0.0857. The Labute approximate surface area is 177 Å². The summed E-state index contributed by atoms with van der Waals surface area (Å²) in [6.07, 6.45) is -6.59. The smallest absolute Gasteiger partial charge is 0.377 e. The molecule has 6 nitrogen and oxygen atoms in total. The number of hydrogen-bond acceptors (Lipinski definition) is 5. The maximum Gasteiger partial charge on any atom is 0.408 e. The molecule has 0 spiro atoms. The van der Waals surface area contributed by atoms with E-state index in [0.29, 0.717) is 19.8 Å². The second kappa shape index (κ2) is 8.49. The van der Waals surface area contributed by atoms with Gasteiger partial charge in [-0.1, -0.05) is 30.3 Å². The number of halogens is 4. The van der Waals surface area contributed by atoms with Crippen molar-refractivity contribution in [1.82, 2.24) is 9.55 Å². The second-order valence-electron chi connectivity index (χ2n) is 7.90. The van der Waals surface area contributed by atoms with Crippen molar-refractivity contribution < 1.29 is 22.3 Å². The summed E-state index contributed by atoms with van der Waals surface area (Å²) in [5.41, 5.74) is -0.166. The molecule has 2 aliphatic rings. The molecule has 3 atom stereocenters.